The highest BCUT2D eigenvalue weighted by molar-refractivity contribution is 6.05. The van der Waals surface area contributed by atoms with Gasteiger partial charge in [0.15, 0.2) is 11.5 Å². The van der Waals surface area contributed by atoms with Crippen molar-refractivity contribution in [2.45, 2.75) is 0 Å². The maximum atomic E-state index is 12.6. The van der Waals surface area contributed by atoms with Gasteiger partial charge in [-0.1, -0.05) is 12.1 Å². The van der Waals surface area contributed by atoms with Crippen molar-refractivity contribution < 1.29 is 18.7 Å². The topological polar surface area (TPSA) is 77.8 Å². The summed E-state index contributed by atoms with van der Waals surface area (Å²) in [5, 5.41) is 3.80. The van der Waals surface area contributed by atoms with Crippen molar-refractivity contribution in [1.29, 1.82) is 0 Å². The van der Waals surface area contributed by atoms with Gasteiger partial charge in [0.05, 0.1) is 25.0 Å². The molecule has 0 spiro atoms. The molecule has 0 aliphatic rings. The third-order valence-corrected chi connectivity index (χ3v) is 4.48. The first kappa shape index (κ1) is 17.6. The number of rotatable bonds is 4. The van der Waals surface area contributed by atoms with Gasteiger partial charge in [0.1, 0.15) is 11.2 Å². The number of ether oxygens (including phenoxy) is 2. The molecule has 28 heavy (non-hydrogen) atoms. The van der Waals surface area contributed by atoms with Gasteiger partial charge < -0.3 is 19.2 Å². The second kappa shape index (κ2) is 7.08. The minimum atomic E-state index is -0.316. The van der Waals surface area contributed by atoms with Crippen LogP contribution in [0.1, 0.15) is 10.4 Å². The van der Waals surface area contributed by atoms with Crippen LogP contribution in [-0.2, 0) is 0 Å². The normalized spacial score (nSPS) is 10.8. The summed E-state index contributed by atoms with van der Waals surface area (Å²) in [6.07, 6.45) is 0. The van der Waals surface area contributed by atoms with Gasteiger partial charge in [0.2, 0.25) is 5.43 Å². The maximum absolute atomic E-state index is 12.6. The molecule has 4 rings (SSSR count). The summed E-state index contributed by atoms with van der Waals surface area (Å²) in [4.78, 5) is 25.2. The SMILES string of the molecule is COc1ccc(C(=O)Nc2ccc3c(=O)c4ccccc4oc3c2)cc1OC. The Morgan fingerprint density at radius 3 is 2.39 bits per heavy atom. The largest absolute Gasteiger partial charge is 0.493 e. The predicted octanol–water partition coefficient (Wildman–Crippen LogP) is 4.22. The van der Waals surface area contributed by atoms with Crippen molar-refractivity contribution in [3.63, 3.8) is 0 Å². The molecule has 4 aromatic rings. The number of para-hydroxylation sites is 1. The summed E-state index contributed by atoms with van der Waals surface area (Å²) in [6, 6.07) is 16.9. The lowest BCUT2D eigenvalue weighted by atomic mass is 10.1. The third kappa shape index (κ3) is 3.05. The molecule has 6 heteroatoms. The van der Waals surface area contributed by atoms with E-state index in [2.05, 4.69) is 5.32 Å². The average molecular weight is 375 g/mol. The Hall–Kier alpha value is -3.80. The summed E-state index contributed by atoms with van der Waals surface area (Å²) < 4.78 is 16.3. The summed E-state index contributed by atoms with van der Waals surface area (Å²) in [5.41, 5.74) is 1.75. The van der Waals surface area contributed by atoms with E-state index in [0.29, 0.717) is 44.7 Å². The number of carbonyl (C=O) groups excluding carboxylic acids is 1. The zero-order valence-corrected chi connectivity index (χ0v) is 15.3. The Morgan fingerprint density at radius 2 is 1.61 bits per heavy atom. The lowest BCUT2D eigenvalue weighted by Crippen LogP contribution is -2.12. The van der Waals surface area contributed by atoms with Crippen LogP contribution in [0.3, 0.4) is 0 Å². The van der Waals surface area contributed by atoms with Crippen molar-refractivity contribution >= 4 is 33.5 Å². The molecule has 0 saturated heterocycles. The standard InChI is InChI=1S/C22H17NO5/c1-26-18-10-7-13(11-20(18)27-2)22(25)23-14-8-9-16-19(12-14)28-17-6-4-3-5-15(17)21(16)24/h3-12H,1-2H3,(H,23,25). The number of hydrogen-bond acceptors (Lipinski definition) is 5. The van der Waals surface area contributed by atoms with Crippen LogP contribution in [-0.4, -0.2) is 20.1 Å². The average Bonchev–Trinajstić information content (AvgIpc) is 2.73. The highest BCUT2D eigenvalue weighted by Crippen LogP contribution is 2.28. The number of benzene rings is 3. The zero-order valence-electron chi connectivity index (χ0n) is 15.3. The fourth-order valence-electron chi connectivity index (χ4n) is 3.06. The van der Waals surface area contributed by atoms with E-state index in [0.717, 1.165) is 0 Å². The van der Waals surface area contributed by atoms with Crippen molar-refractivity contribution in [1.82, 2.24) is 0 Å². The Labute approximate surface area is 160 Å². The Kier molecular flexibility index (Phi) is 4.45. The monoisotopic (exact) mass is 375 g/mol. The number of hydrogen-bond donors (Lipinski definition) is 1. The van der Waals surface area contributed by atoms with Crippen LogP contribution in [0, 0.1) is 0 Å². The summed E-state index contributed by atoms with van der Waals surface area (Å²) in [5.74, 6) is 0.688. The molecular weight excluding hydrogens is 358 g/mol. The minimum Gasteiger partial charge on any atom is -0.493 e. The van der Waals surface area contributed by atoms with Crippen molar-refractivity contribution in [2.24, 2.45) is 0 Å². The Balaban J connectivity index is 1.69. The van der Waals surface area contributed by atoms with E-state index in [1.54, 1.807) is 60.7 Å². The molecule has 0 saturated carbocycles. The van der Waals surface area contributed by atoms with Crippen LogP contribution < -0.4 is 20.2 Å². The van der Waals surface area contributed by atoms with Crippen molar-refractivity contribution in [3.8, 4) is 11.5 Å². The summed E-state index contributed by atoms with van der Waals surface area (Å²) in [6.45, 7) is 0. The summed E-state index contributed by atoms with van der Waals surface area (Å²) in [7, 11) is 3.04. The molecular formula is C22H17NO5. The van der Waals surface area contributed by atoms with Crippen LogP contribution in [0.5, 0.6) is 11.5 Å². The number of fused-ring (bicyclic) bond motifs is 2. The number of nitrogens with one attached hydrogen (secondary N) is 1. The molecule has 1 N–H and O–H groups in total. The van der Waals surface area contributed by atoms with E-state index in [4.69, 9.17) is 13.9 Å². The fraction of sp³-hybridized carbons (Fsp3) is 0.0909. The van der Waals surface area contributed by atoms with E-state index in [-0.39, 0.29) is 11.3 Å². The molecule has 3 aromatic carbocycles. The Morgan fingerprint density at radius 1 is 0.857 bits per heavy atom. The van der Waals surface area contributed by atoms with Gasteiger partial charge in [-0.2, -0.15) is 0 Å². The van der Waals surface area contributed by atoms with Crippen LogP contribution in [0.2, 0.25) is 0 Å². The van der Waals surface area contributed by atoms with E-state index in [1.165, 1.54) is 14.2 Å². The van der Waals surface area contributed by atoms with Gasteiger partial charge in [-0.15, -0.1) is 0 Å². The molecule has 0 radical (unpaired) electrons. The quantitative estimate of drug-likeness (QED) is 0.541. The van der Waals surface area contributed by atoms with E-state index >= 15 is 0 Å². The molecule has 0 fully saturated rings. The third-order valence-electron chi connectivity index (χ3n) is 4.48. The molecule has 0 unspecified atom stereocenters. The number of amides is 1. The first-order chi connectivity index (χ1) is 13.6. The first-order valence-electron chi connectivity index (χ1n) is 8.59. The molecule has 0 aliphatic carbocycles. The van der Waals surface area contributed by atoms with Gasteiger partial charge in [0, 0.05) is 17.3 Å². The van der Waals surface area contributed by atoms with Gasteiger partial charge in [0.25, 0.3) is 5.91 Å². The molecule has 0 aliphatic heterocycles. The highest BCUT2D eigenvalue weighted by Gasteiger charge is 2.13. The van der Waals surface area contributed by atoms with E-state index < -0.39 is 0 Å². The predicted molar refractivity (Wildman–Crippen MR) is 107 cm³/mol. The molecule has 0 atom stereocenters. The van der Waals surface area contributed by atoms with Crippen LogP contribution >= 0.6 is 0 Å². The molecule has 1 heterocycles. The smallest absolute Gasteiger partial charge is 0.255 e. The summed E-state index contributed by atoms with van der Waals surface area (Å²) >= 11 is 0. The molecule has 140 valence electrons. The molecule has 6 nitrogen and oxygen atoms in total. The fourth-order valence-corrected chi connectivity index (χ4v) is 3.06. The van der Waals surface area contributed by atoms with Crippen LogP contribution in [0.25, 0.3) is 21.9 Å². The second-order valence-electron chi connectivity index (χ2n) is 6.16. The number of carbonyl (C=O) groups is 1. The number of methoxy groups -OCH3 is 2. The highest BCUT2D eigenvalue weighted by atomic mass is 16.5. The lowest BCUT2D eigenvalue weighted by Gasteiger charge is -2.10. The Bertz CT molecular complexity index is 1260. The van der Waals surface area contributed by atoms with Crippen molar-refractivity contribution in [2.75, 3.05) is 19.5 Å². The van der Waals surface area contributed by atoms with Crippen LogP contribution in [0.15, 0.2) is 69.9 Å². The van der Waals surface area contributed by atoms with E-state index in [9.17, 15) is 9.59 Å². The molecule has 1 aromatic heterocycles. The van der Waals surface area contributed by atoms with Crippen LogP contribution in [0.4, 0.5) is 5.69 Å². The van der Waals surface area contributed by atoms with Gasteiger partial charge >= 0.3 is 0 Å². The maximum Gasteiger partial charge on any atom is 0.255 e. The molecule has 1 amide bonds. The van der Waals surface area contributed by atoms with Gasteiger partial charge in [-0.25, -0.2) is 0 Å². The first-order valence-corrected chi connectivity index (χ1v) is 8.59. The van der Waals surface area contributed by atoms with Crippen molar-refractivity contribution in [3.05, 3.63) is 76.5 Å². The minimum absolute atomic E-state index is 0.102. The zero-order chi connectivity index (χ0) is 19.7. The second-order valence-corrected chi connectivity index (χ2v) is 6.16. The van der Waals surface area contributed by atoms with Gasteiger partial charge in [-0.3, -0.25) is 9.59 Å². The lowest BCUT2D eigenvalue weighted by molar-refractivity contribution is 0.102. The van der Waals surface area contributed by atoms with Gasteiger partial charge in [-0.05, 0) is 42.5 Å². The number of anilines is 1. The molecule has 0 bridgehead atoms. The van der Waals surface area contributed by atoms with E-state index in [1.807, 2.05) is 0 Å².